The minimum atomic E-state index is -0.783. The summed E-state index contributed by atoms with van der Waals surface area (Å²) in [5.74, 6) is -0.560. The van der Waals surface area contributed by atoms with Crippen molar-refractivity contribution in [2.75, 3.05) is 13.1 Å². The fourth-order valence-corrected chi connectivity index (χ4v) is 2.18. The zero-order valence-electron chi connectivity index (χ0n) is 11.3. The lowest BCUT2D eigenvalue weighted by atomic mass is 9.90. The number of carbonyl (C=O) groups excluding carboxylic acids is 1. The lowest BCUT2D eigenvalue weighted by molar-refractivity contribution is -0.137. The van der Waals surface area contributed by atoms with Crippen LogP contribution in [-0.2, 0) is 9.59 Å². The maximum atomic E-state index is 12.1. The summed E-state index contributed by atoms with van der Waals surface area (Å²) in [4.78, 5) is 22.5. The number of carbonyl (C=O) groups is 2. The van der Waals surface area contributed by atoms with Crippen molar-refractivity contribution in [3.8, 4) is 0 Å². The number of hydrogen-bond acceptors (Lipinski definition) is 3. The molecule has 1 heterocycles. The molecule has 0 spiro atoms. The third-order valence-electron chi connectivity index (χ3n) is 3.58. The number of hydrogen-bond donors (Lipinski definition) is 3. The Morgan fingerprint density at radius 1 is 1.44 bits per heavy atom. The molecule has 0 radical (unpaired) electrons. The average Bonchev–Trinajstić information content (AvgIpc) is 2.34. The summed E-state index contributed by atoms with van der Waals surface area (Å²) in [5, 5.41) is 14.8. The largest absolute Gasteiger partial charge is 0.481 e. The van der Waals surface area contributed by atoms with Crippen molar-refractivity contribution < 1.29 is 14.7 Å². The second-order valence-corrected chi connectivity index (χ2v) is 5.46. The van der Waals surface area contributed by atoms with Gasteiger partial charge in [-0.2, -0.15) is 0 Å². The van der Waals surface area contributed by atoms with Gasteiger partial charge in [0.2, 0.25) is 5.91 Å². The summed E-state index contributed by atoms with van der Waals surface area (Å²) < 4.78 is 0. The highest BCUT2D eigenvalue weighted by atomic mass is 16.4. The third-order valence-corrected chi connectivity index (χ3v) is 3.58. The molecule has 1 saturated heterocycles. The van der Waals surface area contributed by atoms with Crippen LogP contribution >= 0.6 is 0 Å². The maximum absolute atomic E-state index is 12.1. The van der Waals surface area contributed by atoms with Gasteiger partial charge >= 0.3 is 5.97 Å². The Labute approximate surface area is 108 Å². The van der Waals surface area contributed by atoms with Gasteiger partial charge in [0.1, 0.15) is 0 Å². The van der Waals surface area contributed by atoms with Gasteiger partial charge in [-0.05, 0) is 45.1 Å². The molecule has 0 saturated carbocycles. The molecule has 5 heteroatoms. The summed E-state index contributed by atoms with van der Waals surface area (Å²) in [7, 11) is 0. The van der Waals surface area contributed by atoms with E-state index in [0.717, 1.165) is 25.8 Å². The van der Waals surface area contributed by atoms with Crippen LogP contribution in [0.4, 0.5) is 0 Å². The van der Waals surface area contributed by atoms with Crippen molar-refractivity contribution in [2.45, 2.75) is 51.5 Å². The fourth-order valence-electron chi connectivity index (χ4n) is 2.18. The molecule has 0 aromatic rings. The van der Waals surface area contributed by atoms with Crippen molar-refractivity contribution in [1.29, 1.82) is 0 Å². The standard InChI is InChI=1S/C13H24N2O3/c1-10(5-6-11(16)17)9-14-12(18)13(2)7-3-4-8-15-13/h10,15H,3-9H2,1-2H3,(H,14,18)(H,16,17). The first-order valence-electron chi connectivity index (χ1n) is 6.69. The molecule has 0 aromatic carbocycles. The topological polar surface area (TPSA) is 78.4 Å². The number of carboxylic acid groups (broad SMARTS) is 1. The Balaban J connectivity index is 2.29. The molecule has 2 atom stereocenters. The predicted molar refractivity (Wildman–Crippen MR) is 69.3 cm³/mol. The van der Waals surface area contributed by atoms with Crippen LogP contribution in [-0.4, -0.2) is 35.6 Å². The molecule has 1 amide bonds. The lowest BCUT2D eigenvalue weighted by Crippen LogP contribution is -2.57. The van der Waals surface area contributed by atoms with Crippen molar-refractivity contribution >= 4 is 11.9 Å². The summed E-state index contributed by atoms with van der Waals surface area (Å²) >= 11 is 0. The van der Waals surface area contributed by atoms with Gasteiger partial charge in [-0.3, -0.25) is 9.59 Å². The summed E-state index contributed by atoms with van der Waals surface area (Å²) in [6, 6.07) is 0. The van der Waals surface area contributed by atoms with E-state index in [4.69, 9.17) is 5.11 Å². The van der Waals surface area contributed by atoms with Crippen LogP contribution in [0.25, 0.3) is 0 Å². The van der Waals surface area contributed by atoms with Gasteiger partial charge in [-0.1, -0.05) is 6.92 Å². The average molecular weight is 256 g/mol. The Morgan fingerprint density at radius 2 is 2.17 bits per heavy atom. The van der Waals surface area contributed by atoms with Gasteiger partial charge in [-0.25, -0.2) is 0 Å². The van der Waals surface area contributed by atoms with Crippen LogP contribution in [0, 0.1) is 5.92 Å². The summed E-state index contributed by atoms with van der Waals surface area (Å²) in [6.45, 7) is 5.32. The number of nitrogens with one attached hydrogen (secondary N) is 2. The van der Waals surface area contributed by atoms with Gasteiger partial charge in [0.25, 0.3) is 0 Å². The molecule has 0 bridgehead atoms. The van der Waals surface area contributed by atoms with E-state index in [1.807, 2.05) is 13.8 Å². The molecule has 2 unspecified atom stereocenters. The molecule has 3 N–H and O–H groups in total. The van der Waals surface area contributed by atoms with Crippen LogP contribution in [0.15, 0.2) is 0 Å². The molecule has 1 aliphatic heterocycles. The van der Waals surface area contributed by atoms with E-state index in [2.05, 4.69) is 10.6 Å². The number of carboxylic acids is 1. The molecular weight excluding hydrogens is 232 g/mol. The summed E-state index contributed by atoms with van der Waals surface area (Å²) in [5.41, 5.74) is -0.454. The lowest BCUT2D eigenvalue weighted by Gasteiger charge is -2.33. The van der Waals surface area contributed by atoms with Crippen molar-refractivity contribution in [3.05, 3.63) is 0 Å². The number of piperidine rings is 1. The maximum Gasteiger partial charge on any atom is 0.303 e. The minimum Gasteiger partial charge on any atom is -0.481 e. The van der Waals surface area contributed by atoms with E-state index in [0.29, 0.717) is 13.0 Å². The second kappa shape index (κ2) is 6.73. The third kappa shape index (κ3) is 4.64. The monoisotopic (exact) mass is 256 g/mol. The van der Waals surface area contributed by atoms with Crippen LogP contribution in [0.3, 0.4) is 0 Å². The highest BCUT2D eigenvalue weighted by Crippen LogP contribution is 2.18. The first-order valence-corrected chi connectivity index (χ1v) is 6.69. The number of amides is 1. The smallest absolute Gasteiger partial charge is 0.303 e. The Bertz CT molecular complexity index is 299. The van der Waals surface area contributed by atoms with E-state index in [1.54, 1.807) is 0 Å². The summed E-state index contributed by atoms with van der Waals surface area (Å²) in [6.07, 6.45) is 3.82. The second-order valence-electron chi connectivity index (χ2n) is 5.46. The molecule has 5 nitrogen and oxygen atoms in total. The van der Waals surface area contributed by atoms with E-state index in [9.17, 15) is 9.59 Å². The van der Waals surface area contributed by atoms with Crippen LogP contribution < -0.4 is 10.6 Å². The molecule has 1 fully saturated rings. The van der Waals surface area contributed by atoms with E-state index >= 15 is 0 Å². The van der Waals surface area contributed by atoms with Gasteiger partial charge in [0.15, 0.2) is 0 Å². The first kappa shape index (κ1) is 15.0. The molecule has 1 rings (SSSR count). The predicted octanol–water partition coefficient (Wildman–Crippen LogP) is 1.14. The van der Waals surface area contributed by atoms with Gasteiger partial charge < -0.3 is 15.7 Å². The number of aliphatic carboxylic acids is 1. The molecule has 1 aliphatic rings. The first-order chi connectivity index (χ1) is 8.44. The Hall–Kier alpha value is -1.10. The zero-order valence-corrected chi connectivity index (χ0v) is 11.3. The highest BCUT2D eigenvalue weighted by molar-refractivity contribution is 5.85. The molecule has 18 heavy (non-hydrogen) atoms. The van der Waals surface area contributed by atoms with Crippen LogP contribution in [0.5, 0.6) is 0 Å². The van der Waals surface area contributed by atoms with Crippen LogP contribution in [0.1, 0.15) is 46.0 Å². The zero-order chi connectivity index (χ0) is 13.6. The van der Waals surface area contributed by atoms with Gasteiger partial charge in [-0.15, -0.1) is 0 Å². The quantitative estimate of drug-likeness (QED) is 0.666. The highest BCUT2D eigenvalue weighted by Gasteiger charge is 2.33. The minimum absolute atomic E-state index is 0.0318. The van der Waals surface area contributed by atoms with E-state index < -0.39 is 11.5 Å². The molecule has 0 aromatic heterocycles. The SMILES string of the molecule is CC(CCC(=O)O)CNC(=O)C1(C)CCCCN1. The molecule has 0 aliphatic carbocycles. The van der Waals surface area contributed by atoms with Crippen molar-refractivity contribution in [2.24, 2.45) is 5.92 Å². The Kier molecular flexibility index (Phi) is 5.59. The van der Waals surface area contributed by atoms with E-state index in [1.165, 1.54) is 0 Å². The van der Waals surface area contributed by atoms with Crippen molar-refractivity contribution in [3.63, 3.8) is 0 Å². The molecule has 104 valence electrons. The Morgan fingerprint density at radius 3 is 2.72 bits per heavy atom. The van der Waals surface area contributed by atoms with Gasteiger partial charge in [0, 0.05) is 13.0 Å². The van der Waals surface area contributed by atoms with Gasteiger partial charge in [0.05, 0.1) is 5.54 Å². The van der Waals surface area contributed by atoms with Crippen molar-refractivity contribution in [1.82, 2.24) is 10.6 Å². The molecular formula is C13H24N2O3. The normalized spacial score (nSPS) is 25.4. The van der Waals surface area contributed by atoms with Crippen LogP contribution in [0.2, 0.25) is 0 Å². The van der Waals surface area contributed by atoms with E-state index in [-0.39, 0.29) is 18.2 Å². The fraction of sp³-hybridized carbons (Fsp3) is 0.846. The number of rotatable bonds is 6.